The molecule has 0 saturated heterocycles. The summed E-state index contributed by atoms with van der Waals surface area (Å²) >= 11 is -0.903. The second-order valence-electron chi connectivity index (χ2n) is 8.96. The zero-order valence-electron chi connectivity index (χ0n) is 13.1. The zero-order chi connectivity index (χ0) is 13.2. The van der Waals surface area contributed by atoms with Crippen molar-refractivity contribution in [2.75, 3.05) is 0 Å². The van der Waals surface area contributed by atoms with Crippen molar-refractivity contribution in [2.24, 2.45) is 16.2 Å². The number of hydrogen-bond donors (Lipinski definition) is 0. The third-order valence-electron chi connectivity index (χ3n) is 2.34. The summed E-state index contributed by atoms with van der Waals surface area (Å²) < 4.78 is 4.55. The fraction of sp³-hybridized carbons (Fsp3) is 1.00. The minimum atomic E-state index is -0.903. The first-order valence-corrected chi connectivity index (χ1v) is 9.93. The molecule has 0 aliphatic heterocycles. The summed E-state index contributed by atoms with van der Waals surface area (Å²) in [4.78, 5) is 0. The summed E-state index contributed by atoms with van der Waals surface area (Å²) in [7, 11) is 0. The maximum atomic E-state index is 2.41. The van der Waals surface area contributed by atoms with E-state index < -0.39 is 17.9 Å². The van der Waals surface area contributed by atoms with Gasteiger partial charge in [0.05, 0.1) is 0 Å². The number of rotatable bonds is 3. The fourth-order valence-corrected chi connectivity index (χ4v) is 10.1. The van der Waals surface area contributed by atoms with E-state index in [1.54, 1.807) is 0 Å². The van der Waals surface area contributed by atoms with Gasteiger partial charge < -0.3 is 0 Å². The average molecular weight is 261 g/mol. The van der Waals surface area contributed by atoms with Gasteiger partial charge in [0.15, 0.2) is 0 Å². The van der Waals surface area contributed by atoms with E-state index in [4.69, 9.17) is 0 Å². The van der Waals surface area contributed by atoms with E-state index in [0.29, 0.717) is 16.2 Å². The van der Waals surface area contributed by atoms with Gasteiger partial charge in [-0.3, -0.25) is 0 Å². The van der Waals surface area contributed by atoms with Gasteiger partial charge in [-0.2, -0.15) is 0 Å². The standard InChI is InChI=1S/3C5H11.Ti/c3*1-5(2,3)4;/h3*1H2,2-4H3;. The van der Waals surface area contributed by atoms with Gasteiger partial charge in [-0.25, -0.2) is 0 Å². The molecule has 0 fully saturated rings. The van der Waals surface area contributed by atoms with Crippen molar-refractivity contribution in [3.05, 3.63) is 0 Å². The normalized spacial score (nSPS) is 14.1. The summed E-state index contributed by atoms with van der Waals surface area (Å²) in [5.74, 6) is 0. The molecule has 0 aliphatic rings. The second kappa shape index (κ2) is 5.57. The molecule has 97 valence electrons. The van der Waals surface area contributed by atoms with E-state index in [1.807, 2.05) is 0 Å². The molecule has 0 nitrogen and oxygen atoms in total. The van der Waals surface area contributed by atoms with Crippen molar-refractivity contribution in [1.82, 2.24) is 0 Å². The van der Waals surface area contributed by atoms with Gasteiger partial charge >= 0.3 is 111 Å². The van der Waals surface area contributed by atoms with Crippen LogP contribution in [0.4, 0.5) is 0 Å². The van der Waals surface area contributed by atoms with Crippen LogP contribution >= 0.6 is 0 Å². The van der Waals surface area contributed by atoms with Crippen LogP contribution in [0.5, 0.6) is 0 Å². The Hall–Kier alpha value is 0.714. The Morgan fingerprint density at radius 2 is 0.688 bits per heavy atom. The Labute approximate surface area is 110 Å². The summed E-state index contributed by atoms with van der Waals surface area (Å²) in [6, 6.07) is 0. The molecule has 0 rings (SSSR count). The molecule has 0 unspecified atom stereocenters. The molecule has 0 saturated carbocycles. The van der Waals surface area contributed by atoms with Crippen molar-refractivity contribution in [3.8, 4) is 0 Å². The topological polar surface area (TPSA) is 0 Å². The van der Waals surface area contributed by atoms with Crippen LogP contribution in [0.2, 0.25) is 14.2 Å². The van der Waals surface area contributed by atoms with Crippen LogP contribution in [0.3, 0.4) is 0 Å². The minimum absolute atomic E-state index is 0.534. The molecule has 0 spiro atoms. The van der Waals surface area contributed by atoms with Crippen molar-refractivity contribution in [2.45, 2.75) is 76.5 Å². The molecule has 0 aromatic heterocycles. The molecule has 0 heterocycles. The summed E-state index contributed by atoms with van der Waals surface area (Å²) in [6.07, 6.45) is 0. The second-order valence-corrected chi connectivity index (χ2v) is 13.0. The number of hydrogen-bond acceptors (Lipinski definition) is 0. The van der Waals surface area contributed by atoms with E-state index in [-0.39, 0.29) is 0 Å². The van der Waals surface area contributed by atoms with Crippen molar-refractivity contribution < 1.29 is 17.9 Å². The van der Waals surface area contributed by atoms with Gasteiger partial charge in [-0.05, 0) is 0 Å². The first kappa shape index (κ1) is 16.7. The monoisotopic (exact) mass is 261 g/mol. The van der Waals surface area contributed by atoms with Crippen LogP contribution in [0.15, 0.2) is 0 Å². The van der Waals surface area contributed by atoms with Crippen molar-refractivity contribution in [3.63, 3.8) is 0 Å². The Balaban J connectivity index is 4.53. The van der Waals surface area contributed by atoms with E-state index in [1.165, 1.54) is 14.2 Å². The van der Waals surface area contributed by atoms with Crippen LogP contribution in [0.1, 0.15) is 62.3 Å². The van der Waals surface area contributed by atoms with Crippen LogP contribution < -0.4 is 0 Å². The van der Waals surface area contributed by atoms with Crippen LogP contribution in [-0.2, 0) is 17.9 Å². The van der Waals surface area contributed by atoms with Crippen LogP contribution in [-0.4, -0.2) is 0 Å². The SMILES string of the molecule is CC(C)(C)[CH2][Ti]([CH2]C(C)(C)C)[CH2]C(C)(C)C. The molecule has 0 radical (unpaired) electrons. The third-order valence-corrected chi connectivity index (χ3v) is 9.65. The summed E-state index contributed by atoms with van der Waals surface area (Å²) in [5.41, 5.74) is 1.60. The molecule has 0 aliphatic carbocycles. The zero-order valence-corrected chi connectivity index (χ0v) is 14.7. The fourth-order valence-electron chi connectivity index (χ4n) is 2.44. The van der Waals surface area contributed by atoms with Crippen molar-refractivity contribution >= 4 is 0 Å². The van der Waals surface area contributed by atoms with Crippen molar-refractivity contribution in [1.29, 1.82) is 0 Å². The van der Waals surface area contributed by atoms with E-state index in [2.05, 4.69) is 62.3 Å². The Morgan fingerprint density at radius 3 is 0.812 bits per heavy atom. The van der Waals surface area contributed by atoms with Gasteiger partial charge in [0, 0.05) is 0 Å². The quantitative estimate of drug-likeness (QED) is 0.547. The Kier molecular flexibility index (Phi) is 5.82. The van der Waals surface area contributed by atoms with E-state index in [9.17, 15) is 0 Å². The van der Waals surface area contributed by atoms with Gasteiger partial charge in [0.2, 0.25) is 0 Å². The molecule has 0 aromatic rings. The maximum absolute atomic E-state index is 2.41. The molecule has 0 amide bonds. The molecular formula is C15H33Ti. The predicted octanol–water partition coefficient (Wildman–Crippen LogP) is 6.00. The molecule has 1 heteroatoms. The van der Waals surface area contributed by atoms with Crippen LogP contribution in [0.25, 0.3) is 0 Å². The summed E-state index contributed by atoms with van der Waals surface area (Å²) in [5, 5.41) is 0. The summed E-state index contributed by atoms with van der Waals surface area (Å²) in [6.45, 7) is 21.7. The predicted molar refractivity (Wildman–Crippen MR) is 72.8 cm³/mol. The molecule has 0 N–H and O–H groups in total. The van der Waals surface area contributed by atoms with Gasteiger partial charge in [-0.1, -0.05) is 0 Å². The molecule has 0 atom stereocenters. The van der Waals surface area contributed by atoms with Gasteiger partial charge in [-0.15, -0.1) is 0 Å². The molecule has 0 bridgehead atoms. The van der Waals surface area contributed by atoms with Crippen LogP contribution in [0, 0.1) is 16.2 Å². The van der Waals surface area contributed by atoms with E-state index in [0.717, 1.165) is 0 Å². The molecule has 0 aromatic carbocycles. The molecular weight excluding hydrogens is 228 g/mol. The van der Waals surface area contributed by atoms with E-state index >= 15 is 0 Å². The Bertz CT molecular complexity index is 159. The first-order chi connectivity index (χ1) is 6.79. The Morgan fingerprint density at radius 1 is 0.500 bits per heavy atom. The molecule has 16 heavy (non-hydrogen) atoms. The third kappa shape index (κ3) is 11.2. The van der Waals surface area contributed by atoms with Gasteiger partial charge in [0.25, 0.3) is 0 Å². The average Bonchev–Trinajstić information content (AvgIpc) is 1.70. The van der Waals surface area contributed by atoms with Gasteiger partial charge in [0.1, 0.15) is 0 Å². The first-order valence-electron chi connectivity index (χ1n) is 6.62.